The van der Waals surface area contributed by atoms with Crippen LogP contribution in [-0.4, -0.2) is 32.9 Å². The van der Waals surface area contributed by atoms with E-state index in [2.05, 4.69) is 20.3 Å². The van der Waals surface area contributed by atoms with Crippen molar-refractivity contribution in [3.05, 3.63) is 47.0 Å². The van der Waals surface area contributed by atoms with Crippen molar-refractivity contribution in [2.45, 2.75) is 31.3 Å². The van der Waals surface area contributed by atoms with Crippen LogP contribution in [0.1, 0.15) is 20.8 Å². The highest BCUT2D eigenvalue weighted by Gasteiger charge is 2.17. The predicted octanol–water partition coefficient (Wildman–Crippen LogP) is 4.18. The molecule has 0 unspecified atom stereocenters. The van der Waals surface area contributed by atoms with Gasteiger partial charge in [-0.1, -0.05) is 0 Å². The van der Waals surface area contributed by atoms with Gasteiger partial charge in [-0.25, -0.2) is 14.8 Å². The Morgan fingerprint density at radius 1 is 1.18 bits per heavy atom. The van der Waals surface area contributed by atoms with Gasteiger partial charge < -0.3 is 14.5 Å². The molecule has 0 aliphatic rings. The Balaban J connectivity index is 1.86. The van der Waals surface area contributed by atoms with Crippen molar-refractivity contribution >= 4 is 34.7 Å². The number of nitrogens with one attached hydrogen (secondary N) is 2. The Kier molecular flexibility index (Phi) is 5.55. The molecule has 0 fully saturated rings. The third-order valence-electron chi connectivity index (χ3n) is 3.47. The van der Waals surface area contributed by atoms with Crippen LogP contribution in [0.2, 0.25) is 0 Å². The Labute approximate surface area is 165 Å². The lowest BCUT2D eigenvalue weighted by Gasteiger charge is -2.20. The second-order valence-corrected chi connectivity index (χ2v) is 7.70. The minimum Gasteiger partial charge on any atom is -0.454 e. The number of pyridine rings is 1. The van der Waals surface area contributed by atoms with Crippen molar-refractivity contribution in [3.63, 3.8) is 0 Å². The Bertz CT molecular complexity index is 1080. The number of aromatic nitrogens is 3. The first-order valence-electron chi connectivity index (χ1n) is 8.45. The maximum atomic E-state index is 12.0. The molecular formula is C19H20N4O4S. The lowest BCUT2D eigenvalue weighted by atomic mass is 10.2. The summed E-state index contributed by atoms with van der Waals surface area (Å²) in [7, 11) is 0. The number of rotatable bonds is 4. The number of amides is 1. The number of H-pyrrole nitrogens is 1. The fraction of sp³-hybridized carbons (Fsp3) is 0.263. The fourth-order valence-electron chi connectivity index (χ4n) is 2.38. The SMILES string of the molecule is CSc1cc(NC(=O)OC(C)(C)C)ccc1Oc1ccnc2[nH]c(=O)cnc12. The van der Waals surface area contributed by atoms with Crippen molar-refractivity contribution in [1.29, 1.82) is 0 Å². The summed E-state index contributed by atoms with van der Waals surface area (Å²) < 4.78 is 11.3. The van der Waals surface area contributed by atoms with Gasteiger partial charge in [-0.15, -0.1) is 11.8 Å². The normalized spacial score (nSPS) is 11.3. The van der Waals surface area contributed by atoms with E-state index >= 15 is 0 Å². The first-order chi connectivity index (χ1) is 13.2. The fourth-order valence-corrected chi connectivity index (χ4v) is 2.93. The molecule has 2 N–H and O–H groups in total. The van der Waals surface area contributed by atoms with E-state index in [4.69, 9.17) is 9.47 Å². The number of anilines is 1. The molecule has 3 aromatic rings. The minimum absolute atomic E-state index is 0.334. The molecule has 0 aliphatic heterocycles. The van der Waals surface area contributed by atoms with E-state index in [1.807, 2.05) is 6.26 Å². The number of thioether (sulfide) groups is 1. The van der Waals surface area contributed by atoms with Crippen LogP contribution in [-0.2, 0) is 4.74 Å². The molecule has 1 aromatic carbocycles. The molecular weight excluding hydrogens is 380 g/mol. The summed E-state index contributed by atoms with van der Waals surface area (Å²) in [5.74, 6) is 1.05. The molecule has 2 aromatic heterocycles. The number of ether oxygens (including phenoxy) is 2. The number of carbonyl (C=O) groups excluding carboxylic acids is 1. The highest BCUT2D eigenvalue weighted by molar-refractivity contribution is 7.98. The molecule has 146 valence electrons. The van der Waals surface area contributed by atoms with Crippen LogP contribution in [0.5, 0.6) is 11.5 Å². The van der Waals surface area contributed by atoms with Crippen LogP contribution in [0, 0.1) is 0 Å². The summed E-state index contributed by atoms with van der Waals surface area (Å²) in [5.41, 5.74) is 0.475. The lowest BCUT2D eigenvalue weighted by molar-refractivity contribution is 0.0636. The molecule has 0 bridgehead atoms. The third-order valence-corrected chi connectivity index (χ3v) is 4.23. The number of aromatic amines is 1. The number of hydrogen-bond donors (Lipinski definition) is 2. The highest BCUT2D eigenvalue weighted by Crippen LogP contribution is 2.35. The van der Waals surface area contributed by atoms with Gasteiger partial charge in [0.15, 0.2) is 11.4 Å². The zero-order valence-corrected chi connectivity index (χ0v) is 16.7. The molecule has 0 radical (unpaired) electrons. The molecule has 2 heterocycles. The first-order valence-corrected chi connectivity index (χ1v) is 9.67. The first kappa shape index (κ1) is 19.7. The average molecular weight is 400 g/mol. The van der Waals surface area contributed by atoms with E-state index in [1.54, 1.807) is 45.0 Å². The van der Waals surface area contributed by atoms with E-state index < -0.39 is 11.7 Å². The summed E-state index contributed by atoms with van der Waals surface area (Å²) in [5, 5.41) is 2.71. The maximum Gasteiger partial charge on any atom is 0.412 e. The van der Waals surface area contributed by atoms with Gasteiger partial charge in [0, 0.05) is 18.0 Å². The van der Waals surface area contributed by atoms with Crippen LogP contribution in [0.3, 0.4) is 0 Å². The molecule has 0 saturated heterocycles. The van der Waals surface area contributed by atoms with Gasteiger partial charge in [-0.2, -0.15) is 0 Å². The van der Waals surface area contributed by atoms with Gasteiger partial charge >= 0.3 is 6.09 Å². The quantitative estimate of drug-likeness (QED) is 0.633. The zero-order valence-electron chi connectivity index (χ0n) is 15.9. The number of nitrogens with zero attached hydrogens (tertiary/aromatic N) is 2. The van der Waals surface area contributed by atoms with Gasteiger partial charge in [-0.3, -0.25) is 10.1 Å². The molecule has 0 saturated carbocycles. The third kappa shape index (κ3) is 4.80. The molecule has 3 rings (SSSR count). The Morgan fingerprint density at radius 2 is 1.96 bits per heavy atom. The summed E-state index contributed by atoms with van der Waals surface area (Å²) in [6.45, 7) is 5.41. The van der Waals surface area contributed by atoms with E-state index in [0.29, 0.717) is 28.4 Å². The highest BCUT2D eigenvalue weighted by atomic mass is 32.2. The number of benzene rings is 1. The van der Waals surface area contributed by atoms with Crippen molar-refractivity contribution in [2.24, 2.45) is 0 Å². The van der Waals surface area contributed by atoms with Crippen LogP contribution >= 0.6 is 11.8 Å². The largest absolute Gasteiger partial charge is 0.454 e. The Hall–Kier alpha value is -3.07. The number of carbonyl (C=O) groups is 1. The van der Waals surface area contributed by atoms with Crippen molar-refractivity contribution in [2.75, 3.05) is 11.6 Å². The Morgan fingerprint density at radius 3 is 2.68 bits per heavy atom. The van der Waals surface area contributed by atoms with Crippen LogP contribution in [0.4, 0.5) is 10.5 Å². The van der Waals surface area contributed by atoms with Crippen LogP contribution < -0.4 is 15.6 Å². The van der Waals surface area contributed by atoms with E-state index in [1.165, 1.54) is 24.2 Å². The summed E-state index contributed by atoms with van der Waals surface area (Å²) in [6.07, 6.45) is 4.09. The molecule has 1 amide bonds. The smallest absolute Gasteiger partial charge is 0.412 e. The van der Waals surface area contributed by atoms with Crippen molar-refractivity contribution in [3.8, 4) is 11.5 Å². The molecule has 28 heavy (non-hydrogen) atoms. The average Bonchev–Trinajstić information content (AvgIpc) is 2.61. The van der Waals surface area contributed by atoms with E-state index in [9.17, 15) is 9.59 Å². The second kappa shape index (κ2) is 7.89. The molecule has 9 heteroatoms. The zero-order chi connectivity index (χ0) is 20.3. The maximum absolute atomic E-state index is 12.0. The molecule has 8 nitrogen and oxygen atoms in total. The number of fused-ring (bicyclic) bond motifs is 1. The lowest BCUT2D eigenvalue weighted by Crippen LogP contribution is -2.27. The van der Waals surface area contributed by atoms with Gasteiger partial charge in [0.25, 0.3) is 5.56 Å². The molecule has 0 atom stereocenters. The summed E-state index contributed by atoms with van der Waals surface area (Å²) in [4.78, 5) is 35.0. The summed E-state index contributed by atoms with van der Waals surface area (Å²) in [6, 6.07) is 6.93. The van der Waals surface area contributed by atoms with Gasteiger partial charge in [-0.05, 0) is 45.2 Å². The van der Waals surface area contributed by atoms with Crippen molar-refractivity contribution in [1.82, 2.24) is 15.0 Å². The van der Waals surface area contributed by atoms with Crippen LogP contribution in [0.25, 0.3) is 11.2 Å². The number of hydrogen-bond acceptors (Lipinski definition) is 7. The monoisotopic (exact) mass is 400 g/mol. The van der Waals surface area contributed by atoms with Gasteiger partial charge in [0.05, 0.1) is 11.1 Å². The second-order valence-electron chi connectivity index (χ2n) is 6.85. The van der Waals surface area contributed by atoms with Crippen molar-refractivity contribution < 1.29 is 14.3 Å². The standard InChI is InChI=1S/C19H20N4O4S/c1-19(2,3)27-18(25)22-11-5-6-12(14(9-11)28-4)26-13-7-8-20-17-16(13)21-10-15(24)23-17/h5-10H,1-4H3,(H,22,25)(H,20,23,24). The minimum atomic E-state index is -0.578. The molecule has 0 aliphatic carbocycles. The topological polar surface area (TPSA) is 106 Å². The van der Waals surface area contributed by atoms with Crippen LogP contribution in [0.15, 0.2) is 46.3 Å². The summed E-state index contributed by atoms with van der Waals surface area (Å²) >= 11 is 1.47. The van der Waals surface area contributed by atoms with Gasteiger partial charge in [0.2, 0.25) is 0 Å². The molecule has 0 spiro atoms. The van der Waals surface area contributed by atoms with Gasteiger partial charge in [0.1, 0.15) is 16.9 Å². The van der Waals surface area contributed by atoms with E-state index in [-0.39, 0.29) is 5.56 Å². The predicted molar refractivity (Wildman–Crippen MR) is 108 cm³/mol. The van der Waals surface area contributed by atoms with E-state index in [0.717, 1.165) is 4.90 Å².